The Hall–Kier alpha value is -1.08. The Morgan fingerprint density at radius 2 is 2.43 bits per heavy atom. The average Bonchev–Trinajstić information content (AvgIpc) is 2.20. The van der Waals surface area contributed by atoms with Crippen LogP contribution in [0.5, 0.6) is 0 Å². The minimum absolute atomic E-state index is 0.0552. The van der Waals surface area contributed by atoms with Gasteiger partial charge in [0.2, 0.25) is 5.91 Å². The fraction of sp³-hybridized carbons (Fsp3) is 0.800. The number of carbonyl (C=O) groups excluding carboxylic acids is 1. The lowest BCUT2D eigenvalue weighted by molar-refractivity contribution is -0.121. The molecule has 0 radical (unpaired) electrons. The van der Waals surface area contributed by atoms with E-state index in [-0.39, 0.29) is 5.91 Å². The van der Waals surface area contributed by atoms with E-state index in [1.807, 2.05) is 6.07 Å². The summed E-state index contributed by atoms with van der Waals surface area (Å²) < 4.78 is 0. The molecule has 1 fully saturated rings. The molecule has 78 valence electrons. The van der Waals surface area contributed by atoms with Gasteiger partial charge < -0.3 is 10.6 Å². The third-order valence-corrected chi connectivity index (χ3v) is 2.40. The molecule has 0 bridgehead atoms. The van der Waals surface area contributed by atoms with Crippen molar-refractivity contribution in [1.82, 2.24) is 10.6 Å². The summed E-state index contributed by atoms with van der Waals surface area (Å²) in [7, 11) is 0. The van der Waals surface area contributed by atoms with Crippen LogP contribution in [0.2, 0.25) is 0 Å². The van der Waals surface area contributed by atoms with Crippen LogP contribution in [0.25, 0.3) is 0 Å². The van der Waals surface area contributed by atoms with Crippen molar-refractivity contribution in [2.24, 2.45) is 0 Å². The molecule has 0 aromatic carbocycles. The minimum atomic E-state index is 0.0552. The average molecular weight is 195 g/mol. The molecule has 0 aromatic rings. The van der Waals surface area contributed by atoms with Crippen molar-refractivity contribution < 1.29 is 4.79 Å². The number of rotatable bonds is 4. The van der Waals surface area contributed by atoms with Gasteiger partial charge in [-0.25, -0.2) is 0 Å². The normalized spacial score (nSPS) is 21.2. The fourth-order valence-corrected chi connectivity index (χ4v) is 1.65. The van der Waals surface area contributed by atoms with Gasteiger partial charge in [0.1, 0.15) is 0 Å². The highest BCUT2D eigenvalue weighted by molar-refractivity contribution is 5.76. The van der Waals surface area contributed by atoms with E-state index in [1.54, 1.807) is 0 Å². The first-order chi connectivity index (χ1) is 6.83. The van der Waals surface area contributed by atoms with Crippen molar-refractivity contribution in [1.29, 1.82) is 5.26 Å². The van der Waals surface area contributed by atoms with Crippen LogP contribution in [0.3, 0.4) is 0 Å². The minimum Gasteiger partial charge on any atom is -0.355 e. The van der Waals surface area contributed by atoms with Gasteiger partial charge in [0.15, 0.2) is 0 Å². The lowest BCUT2D eigenvalue weighted by Crippen LogP contribution is -2.38. The number of nitrogens with zero attached hydrogens (tertiary/aromatic N) is 1. The first kappa shape index (κ1) is 11.0. The standard InChI is InChI=1S/C10H17N3O/c11-5-3-7-13-10(14)8-9-4-1-2-6-12-9/h9,12H,1-4,6-8H2,(H,13,14). The predicted octanol–water partition coefficient (Wildman–Crippen LogP) is 0.548. The van der Waals surface area contributed by atoms with Gasteiger partial charge >= 0.3 is 0 Å². The van der Waals surface area contributed by atoms with Crippen molar-refractivity contribution in [2.75, 3.05) is 13.1 Å². The summed E-state index contributed by atoms with van der Waals surface area (Å²) in [5.74, 6) is 0.0552. The fourth-order valence-electron chi connectivity index (χ4n) is 1.65. The van der Waals surface area contributed by atoms with Crippen LogP contribution in [0, 0.1) is 11.3 Å². The molecule has 1 atom stereocenters. The monoisotopic (exact) mass is 195 g/mol. The molecule has 4 nitrogen and oxygen atoms in total. The Balaban J connectivity index is 2.10. The van der Waals surface area contributed by atoms with Crippen molar-refractivity contribution in [3.8, 4) is 6.07 Å². The zero-order valence-electron chi connectivity index (χ0n) is 8.38. The predicted molar refractivity (Wildman–Crippen MR) is 53.5 cm³/mol. The number of nitrogens with one attached hydrogen (secondary N) is 2. The first-order valence-corrected chi connectivity index (χ1v) is 5.20. The number of nitriles is 1. The van der Waals surface area contributed by atoms with E-state index in [4.69, 9.17) is 5.26 Å². The lowest BCUT2D eigenvalue weighted by Gasteiger charge is -2.22. The van der Waals surface area contributed by atoms with Crippen molar-refractivity contribution in [3.05, 3.63) is 0 Å². The third kappa shape index (κ3) is 4.24. The zero-order valence-corrected chi connectivity index (χ0v) is 8.38. The van der Waals surface area contributed by atoms with E-state index in [0.29, 0.717) is 25.4 Å². The molecule has 1 rings (SSSR count). The molecule has 1 saturated heterocycles. The maximum atomic E-state index is 11.3. The maximum absolute atomic E-state index is 11.3. The van der Waals surface area contributed by atoms with Gasteiger partial charge in [-0.2, -0.15) is 5.26 Å². The molecule has 1 amide bonds. The molecular formula is C10H17N3O. The highest BCUT2D eigenvalue weighted by Gasteiger charge is 2.15. The van der Waals surface area contributed by atoms with Gasteiger partial charge in [0.25, 0.3) is 0 Å². The summed E-state index contributed by atoms with van der Waals surface area (Å²) in [5.41, 5.74) is 0. The molecule has 1 heterocycles. The van der Waals surface area contributed by atoms with Crippen LogP contribution in [-0.2, 0) is 4.79 Å². The SMILES string of the molecule is N#CCCNC(=O)CC1CCCCN1. The van der Waals surface area contributed by atoms with E-state index in [0.717, 1.165) is 13.0 Å². The number of carbonyl (C=O) groups is 1. The maximum Gasteiger partial charge on any atom is 0.221 e. The highest BCUT2D eigenvalue weighted by atomic mass is 16.1. The Kier molecular flexibility index (Phi) is 5.02. The van der Waals surface area contributed by atoms with Crippen LogP contribution in [0.1, 0.15) is 32.1 Å². The number of hydrogen-bond acceptors (Lipinski definition) is 3. The van der Waals surface area contributed by atoms with Crippen LogP contribution < -0.4 is 10.6 Å². The molecule has 1 aliphatic rings. The summed E-state index contributed by atoms with van der Waals surface area (Å²) in [6, 6.07) is 2.34. The quantitative estimate of drug-likeness (QED) is 0.644. The Bertz CT molecular complexity index is 216. The second-order valence-corrected chi connectivity index (χ2v) is 3.61. The smallest absolute Gasteiger partial charge is 0.221 e. The molecule has 1 aliphatic heterocycles. The highest BCUT2D eigenvalue weighted by Crippen LogP contribution is 2.09. The van der Waals surface area contributed by atoms with Crippen LogP contribution in [0.15, 0.2) is 0 Å². The number of piperidine rings is 1. The molecular weight excluding hydrogens is 178 g/mol. The van der Waals surface area contributed by atoms with E-state index >= 15 is 0 Å². The Labute approximate surface area is 84.7 Å². The Morgan fingerprint density at radius 1 is 1.57 bits per heavy atom. The number of hydrogen-bond donors (Lipinski definition) is 2. The van der Waals surface area contributed by atoms with Crippen LogP contribution in [0.4, 0.5) is 0 Å². The third-order valence-electron chi connectivity index (χ3n) is 2.40. The van der Waals surface area contributed by atoms with Crippen molar-refractivity contribution in [2.45, 2.75) is 38.1 Å². The molecule has 1 unspecified atom stereocenters. The number of amides is 1. The van der Waals surface area contributed by atoms with E-state index in [1.165, 1.54) is 12.8 Å². The molecule has 0 saturated carbocycles. The van der Waals surface area contributed by atoms with Crippen LogP contribution in [-0.4, -0.2) is 25.0 Å². The van der Waals surface area contributed by atoms with Crippen LogP contribution >= 0.6 is 0 Å². The van der Waals surface area contributed by atoms with Crippen molar-refractivity contribution in [3.63, 3.8) is 0 Å². The summed E-state index contributed by atoms with van der Waals surface area (Å²) in [4.78, 5) is 11.3. The van der Waals surface area contributed by atoms with Gasteiger partial charge in [-0.15, -0.1) is 0 Å². The first-order valence-electron chi connectivity index (χ1n) is 5.20. The van der Waals surface area contributed by atoms with Gasteiger partial charge in [-0.1, -0.05) is 6.42 Å². The second kappa shape index (κ2) is 6.39. The molecule has 14 heavy (non-hydrogen) atoms. The molecule has 4 heteroatoms. The molecule has 0 aliphatic carbocycles. The van der Waals surface area contributed by atoms with Gasteiger partial charge in [-0.3, -0.25) is 4.79 Å². The largest absolute Gasteiger partial charge is 0.355 e. The van der Waals surface area contributed by atoms with Gasteiger partial charge in [-0.05, 0) is 19.4 Å². The lowest BCUT2D eigenvalue weighted by atomic mass is 10.0. The van der Waals surface area contributed by atoms with Gasteiger partial charge in [0.05, 0.1) is 12.5 Å². The molecule has 0 aromatic heterocycles. The van der Waals surface area contributed by atoms with Crippen molar-refractivity contribution >= 4 is 5.91 Å². The molecule has 0 spiro atoms. The van der Waals surface area contributed by atoms with E-state index < -0.39 is 0 Å². The Morgan fingerprint density at radius 3 is 3.07 bits per heavy atom. The van der Waals surface area contributed by atoms with E-state index in [2.05, 4.69) is 10.6 Å². The van der Waals surface area contributed by atoms with Gasteiger partial charge in [0, 0.05) is 19.0 Å². The summed E-state index contributed by atoms with van der Waals surface area (Å²) in [6.07, 6.45) is 4.45. The topological polar surface area (TPSA) is 64.9 Å². The summed E-state index contributed by atoms with van der Waals surface area (Å²) >= 11 is 0. The van der Waals surface area contributed by atoms with E-state index in [9.17, 15) is 4.79 Å². The molecule has 2 N–H and O–H groups in total. The second-order valence-electron chi connectivity index (χ2n) is 3.61. The zero-order chi connectivity index (χ0) is 10.2. The summed E-state index contributed by atoms with van der Waals surface area (Å²) in [6.45, 7) is 1.50. The summed E-state index contributed by atoms with van der Waals surface area (Å²) in [5, 5.41) is 14.3.